The molecule has 62 heavy (non-hydrogen) atoms. The van der Waals surface area contributed by atoms with Crippen LogP contribution in [0.5, 0.6) is 23.0 Å². The lowest BCUT2D eigenvalue weighted by atomic mass is 9.98. The van der Waals surface area contributed by atoms with Crippen molar-refractivity contribution >= 4 is 21.9 Å². The summed E-state index contributed by atoms with van der Waals surface area (Å²) < 4.78 is 135. The van der Waals surface area contributed by atoms with Gasteiger partial charge in [0.1, 0.15) is 23.0 Å². The molecule has 340 valence electrons. The monoisotopic (exact) mass is 904 g/mol. The van der Waals surface area contributed by atoms with E-state index >= 15 is 0 Å². The number of aliphatic hydroxyl groups excluding tert-OH is 1. The van der Waals surface area contributed by atoms with Gasteiger partial charge in [-0.05, 0) is 109 Å². The van der Waals surface area contributed by atoms with Gasteiger partial charge in [-0.25, -0.2) is 0 Å². The summed E-state index contributed by atoms with van der Waals surface area (Å²) in [7, 11) is -3.49. The maximum absolute atomic E-state index is 12.4. The van der Waals surface area contributed by atoms with E-state index in [-0.39, 0.29) is 52.7 Å². The summed E-state index contributed by atoms with van der Waals surface area (Å²) in [6, 6.07) is 10.7. The summed E-state index contributed by atoms with van der Waals surface area (Å²) in [6.07, 6.45) is -5.58. The summed E-state index contributed by atoms with van der Waals surface area (Å²) >= 11 is 0. The van der Waals surface area contributed by atoms with E-state index in [0.717, 1.165) is 45.6 Å². The van der Waals surface area contributed by atoms with E-state index in [2.05, 4.69) is 0 Å². The van der Waals surface area contributed by atoms with Crippen LogP contribution in [0.15, 0.2) is 45.2 Å². The third-order valence-electron chi connectivity index (χ3n) is 9.56. The predicted octanol–water partition coefficient (Wildman–Crippen LogP) is 6.09. The van der Waals surface area contributed by atoms with Crippen LogP contribution < -0.4 is 29.6 Å². The number of hydrogen-bond donors (Lipinski definition) is 3. The number of aliphatic hydroxyl groups is 1. The molecule has 0 aliphatic carbocycles. The zero-order chi connectivity index (χ0) is 45.2. The average molecular weight is 905 g/mol. The molecular weight excluding hydrogens is 859 g/mol. The van der Waals surface area contributed by atoms with Crippen LogP contribution in [-0.4, -0.2) is 83.8 Å². The van der Waals surface area contributed by atoms with Crippen molar-refractivity contribution in [2.24, 2.45) is 0 Å². The van der Waals surface area contributed by atoms with Gasteiger partial charge in [0.2, 0.25) is 13.6 Å². The Morgan fingerprint density at radius 2 is 1.03 bits per heavy atom. The summed E-state index contributed by atoms with van der Waals surface area (Å²) in [4.78, 5) is 22.1. The molecule has 4 heterocycles. The topological polar surface area (TPSA) is 185 Å². The van der Waals surface area contributed by atoms with Crippen LogP contribution in [0.4, 0.5) is 26.3 Å². The lowest BCUT2D eigenvalue weighted by molar-refractivity contribution is -0.173. The molecule has 6 rings (SSSR count). The highest BCUT2D eigenvalue weighted by Crippen LogP contribution is 2.38. The van der Waals surface area contributed by atoms with Gasteiger partial charge >= 0.3 is 24.2 Å². The van der Waals surface area contributed by atoms with Crippen LogP contribution >= 0.6 is 0 Å². The normalized spacial score (nSPS) is 13.2. The van der Waals surface area contributed by atoms with Crippen molar-refractivity contribution in [3.05, 3.63) is 92.8 Å². The Morgan fingerprint density at radius 1 is 0.645 bits per heavy atom. The van der Waals surface area contributed by atoms with Gasteiger partial charge in [-0.1, -0.05) is 0 Å². The molecule has 2 aromatic carbocycles. The van der Waals surface area contributed by atoms with E-state index in [1.807, 2.05) is 36.6 Å². The van der Waals surface area contributed by atoms with Crippen LogP contribution in [0.2, 0.25) is 0 Å². The molecule has 4 aromatic rings. The maximum Gasteiger partial charge on any atom is 0.471 e. The quantitative estimate of drug-likeness (QED) is 0.0594. The van der Waals surface area contributed by atoms with Gasteiger partial charge in [0.15, 0.2) is 23.0 Å². The molecule has 0 saturated heterocycles. The van der Waals surface area contributed by atoms with Gasteiger partial charge in [0, 0.05) is 45.4 Å². The number of amides is 2. The minimum absolute atomic E-state index is 0.0442. The Labute approximate surface area is 352 Å². The molecule has 0 fully saturated rings. The molecule has 0 atom stereocenters. The Hall–Kier alpha value is -5.41. The second kappa shape index (κ2) is 20.6. The van der Waals surface area contributed by atoms with E-state index in [1.165, 1.54) is 0 Å². The van der Waals surface area contributed by atoms with Crippen molar-refractivity contribution in [1.29, 1.82) is 0 Å². The molecule has 0 unspecified atom stereocenters. The molecule has 2 aliphatic heterocycles. The zero-order valence-corrected chi connectivity index (χ0v) is 34.8. The van der Waals surface area contributed by atoms with Gasteiger partial charge in [-0.15, -0.1) is 0 Å². The summed E-state index contributed by atoms with van der Waals surface area (Å²) in [6.45, 7) is 3.66. The van der Waals surface area contributed by atoms with Gasteiger partial charge in [-0.2, -0.15) is 34.8 Å². The smallest absolute Gasteiger partial charge is 0.465 e. The molecular formula is C41H46F6N2O12S. The van der Waals surface area contributed by atoms with E-state index < -0.39 is 34.3 Å². The van der Waals surface area contributed by atoms with Gasteiger partial charge < -0.3 is 43.5 Å². The molecule has 14 nitrogen and oxygen atoms in total. The third-order valence-corrected chi connectivity index (χ3v) is 10.2. The molecule has 2 aromatic heterocycles. The van der Waals surface area contributed by atoms with E-state index in [9.17, 15) is 44.3 Å². The summed E-state index contributed by atoms with van der Waals surface area (Å²) in [5.41, 5.74) is 4.85. The number of carbonyl (C=O) groups is 2. The molecule has 0 bridgehead atoms. The Bertz CT molecular complexity index is 2300. The maximum atomic E-state index is 12.4. The number of fused-ring (bicyclic) bond motifs is 2. The van der Waals surface area contributed by atoms with Crippen LogP contribution in [0.3, 0.4) is 0 Å². The number of aryl methyl sites for hydroxylation is 4. The van der Waals surface area contributed by atoms with Crippen molar-refractivity contribution in [3.8, 4) is 23.0 Å². The Kier molecular flexibility index (Phi) is 15.9. The minimum Gasteiger partial charge on any atom is -0.465 e. The second-order valence-corrected chi connectivity index (χ2v) is 16.0. The number of hydrogen-bond acceptors (Lipinski definition) is 12. The SMILES string of the molecule is Cc1cc(CCCO)oc1Cc1cc2c(cc1CCNC(=O)C(F)(F)F)OCO2.Cc1cc(CCCOS(C)(=O)=O)oc1Cc1cc2c(cc1CCNC(=O)C(F)(F)F)OCO2. The first-order chi connectivity index (χ1) is 29.2. The van der Waals surface area contributed by atoms with Crippen molar-refractivity contribution < 1.29 is 81.4 Å². The van der Waals surface area contributed by atoms with E-state index in [4.69, 9.17) is 37.1 Å². The van der Waals surface area contributed by atoms with Crippen molar-refractivity contribution in [2.45, 2.75) is 77.6 Å². The number of alkyl halides is 6. The van der Waals surface area contributed by atoms with Crippen LogP contribution in [0.1, 0.15) is 69.3 Å². The summed E-state index contributed by atoms with van der Waals surface area (Å²) in [5.74, 6) is 0.968. The van der Waals surface area contributed by atoms with Crippen molar-refractivity contribution in [1.82, 2.24) is 10.6 Å². The fraction of sp³-hybridized carbons (Fsp3) is 0.463. The Morgan fingerprint density at radius 3 is 1.40 bits per heavy atom. The number of rotatable bonds is 18. The molecule has 2 amide bonds. The number of halogens is 6. The second-order valence-electron chi connectivity index (χ2n) is 14.4. The van der Waals surface area contributed by atoms with E-state index in [1.54, 1.807) is 24.3 Å². The minimum atomic E-state index is -4.94. The van der Waals surface area contributed by atoms with Crippen molar-refractivity contribution in [2.75, 3.05) is 46.1 Å². The highest BCUT2D eigenvalue weighted by Gasteiger charge is 2.39. The lowest BCUT2D eigenvalue weighted by Gasteiger charge is -2.12. The summed E-state index contributed by atoms with van der Waals surface area (Å²) in [5, 5.41) is 12.7. The molecule has 21 heteroatoms. The molecule has 3 N–H and O–H groups in total. The predicted molar refractivity (Wildman–Crippen MR) is 208 cm³/mol. The van der Waals surface area contributed by atoms with Gasteiger partial charge in [-0.3, -0.25) is 13.8 Å². The number of furan rings is 2. The van der Waals surface area contributed by atoms with Crippen LogP contribution in [0.25, 0.3) is 0 Å². The van der Waals surface area contributed by atoms with Gasteiger partial charge in [0.05, 0.1) is 12.9 Å². The molecule has 2 aliphatic rings. The molecule has 0 saturated carbocycles. The highest BCUT2D eigenvalue weighted by atomic mass is 32.2. The fourth-order valence-corrected chi connectivity index (χ4v) is 6.92. The van der Waals surface area contributed by atoms with Crippen LogP contribution in [0, 0.1) is 13.8 Å². The van der Waals surface area contributed by atoms with E-state index in [0.29, 0.717) is 78.6 Å². The number of nitrogens with one attached hydrogen (secondary N) is 2. The lowest BCUT2D eigenvalue weighted by Crippen LogP contribution is -2.37. The average Bonchev–Trinajstić information content (AvgIpc) is 3.99. The van der Waals surface area contributed by atoms with Crippen molar-refractivity contribution in [3.63, 3.8) is 0 Å². The Balaban J connectivity index is 0.000000236. The molecule has 0 spiro atoms. The number of benzene rings is 2. The third kappa shape index (κ3) is 13.8. The first kappa shape index (κ1) is 47.6. The first-order valence-corrected chi connectivity index (χ1v) is 21.2. The largest absolute Gasteiger partial charge is 0.471 e. The first-order valence-electron chi connectivity index (χ1n) is 19.3. The standard InChI is InChI=1S/C21H24F3NO7S.C20H22F3NO5/c1-13-8-16(4-3-7-31-33(2,27)28)32-17(13)10-15-11-19-18(29-12-30-19)9-14(15)5-6-25-20(26)21(22,23)24;1-12-7-15(3-2-6-25)29-16(12)9-14-10-18-17(27-11-28-18)8-13(14)4-5-24-19(26)20(21,22)23/h8-9,11H,3-7,10,12H2,1-2H3,(H,25,26);7-8,10,25H,2-6,9,11H2,1H3,(H,24,26). The number of carbonyl (C=O) groups excluding carboxylic acids is 2. The van der Waals surface area contributed by atoms with Crippen LogP contribution in [-0.2, 0) is 62.4 Å². The number of ether oxygens (including phenoxy) is 4. The highest BCUT2D eigenvalue weighted by molar-refractivity contribution is 7.85. The molecule has 0 radical (unpaired) electrons. The van der Waals surface area contributed by atoms with Gasteiger partial charge in [0.25, 0.3) is 10.1 Å². The zero-order valence-electron chi connectivity index (χ0n) is 34.0. The fourth-order valence-electron chi connectivity index (χ4n) is 6.50.